The van der Waals surface area contributed by atoms with Crippen LogP contribution in [0.3, 0.4) is 0 Å². The van der Waals surface area contributed by atoms with Crippen LogP contribution in [0.4, 0.5) is 5.69 Å². The van der Waals surface area contributed by atoms with Gasteiger partial charge in [0, 0.05) is 26.7 Å². The van der Waals surface area contributed by atoms with E-state index in [-0.39, 0.29) is 16.1 Å². The van der Waals surface area contributed by atoms with Crippen LogP contribution in [0.1, 0.15) is 43.5 Å². The fourth-order valence-electron chi connectivity index (χ4n) is 5.87. The second kappa shape index (κ2) is 7.84. The van der Waals surface area contributed by atoms with E-state index in [1.165, 1.54) is 18.2 Å². The Hall–Kier alpha value is -3.32. The molecule has 0 saturated carbocycles. The minimum absolute atomic E-state index is 0.175. The number of Topliss-reactive ketones (excluding diaryl/α,β-unsaturated/α-hetero) is 2. The molecule has 0 aromatic heterocycles. The van der Waals surface area contributed by atoms with E-state index in [1.807, 2.05) is 19.9 Å². The molecule has 0 radical (unpaired) electrons. The van der Waals surface area contributed by atoms with Gasteiger partial charge in [-0.15, -0.1) is 0 Å². The summed E-state index contributed by atoms with van der Waals surface area (Å²) in [6, 6.07) is 16.4. The number of aryl methyl sites for hydroxylation is 2. The van der Waals surface area contributed by atoms with Gasteiger partial charge >= 0.3 is 0 Å². The van der Waals surface area contributed by atoms with Crippen LogP contribution < -0.4 is 4.90 Å². The third-order valence-electron chi connectivity index (χ3n) is 7.25. The lowest BCUT2D eigenvalue weighted by Crippen LogP contribution is -2.51. The highest BCUT2D eigenvalue weighted by molar-refractivity contribution is 6.37. The number of amides is 2. The average molecular weight is 520 g/mol. The summed E-state index contributed by atoms with van der Waals surface area (Å²) < 4.78 is 6.27. The smallest absolute Gasteiger partial charge is 0.241 e. The van der Waals surface area contributed by atoms with Gasteiger partial charge in [0.1, 0.15) is 0 Å². The molecule has 6 nitrogen and oxygen atoms in total. The van der Waals surface area contributed by atoms with Gasteiger partial charge in [-0.1, -0.05) is 59.6 Å². The van der Waals surface area contributed by atoms with Crippen molar-refractivity contribution in [1.29, 1.82) is 0 Å². The topological polar surface area (TPSA) is 80.8 Å². The quantitative estimate of drug-likeness (QED) is 0.338. The Morgan fingerprint density at radius 3 is 2.00 bits per heavy atom. The first-order chi connectivity index (χ1) is 17.1. The van der Waals surface area contributed by atoms with Crippen molar-refractivity contribution in [2.75, 3.05) is 4.90 Å². The average Bonchev–Trinajstić information content (AvgIpc) is 3.38. The van der Waals surface area contributed by atoms with E-state index in [4.69, 9.17) is 27.9 Å². The Morgan fingerprint density at radius 1 is 0.806 bits per heavy atom. The zero-order chi connectivity index (χ0) is 25.5. The number of ketones is 2. The maximum atomic E-state index is 14.0. The van der Waals surface area contributed by atoms with Gasteiger partial charge in [-0.25, -0.2) is 4.90 Å². The number of carbonyl (C=O) groups excluding carboxylic acids is 4. The fraction of sp³-hybridized carbons (Fsp3) is 0.214. The van der Waals surface area contributed by atoms with E-state index in [1.54, 1.807) is 36.4 Å². The predicted molar refractivity (Wildman–Crippen MR) is 134 cm³/mol. The molecule has 180 valence electrons. The molecule has 6 rings (SSSR count). The highest BCUT2D eigenvalue weighted by atomic mass is 35.5. The number of imide groups is 1. The summed E-state index contributed by atoms with van der Waals surface area (Å²) >= 11 is 12.6. The maximum absolute atomic E-state index is 14.0. The summed E-state index contributed by atoms with van der Waals surface area (Å²) in [5.41, 5.74) is 0.708. The predicted octanol–water partition coefficient (Wildman–Crippen LogP) is 5.31. The Labute approximate surface area is 216 Å². The van der Waals surface area contributed by atoms with Gasteiger partial charge in [0.25, 0.3) is 0 Å². The van der Waals surface area contributed by atoms with E-state index in [0.717, 1.165) is 16.0 Å². The largest absolute Gasteiger partial charge is 0.349 e. The Morgan fingerprint density at radius 2 is 1.42 bits per heavy atom. The maximum Gasteiger partial charge on any atom is 0.241 e. The zero-order valence-electron chi connectivity index (χ0n) is 19.2. The van der Waals surface area contributed by atoms with Gasteiger partial charge in [-0.3, -0.25) is 19.2 Å². The molecule has 0 unspecified atom stereocenters. The van der Waals surface area contributed by atoms with Gasteiger partial charge in [0.05, 0.1) is 23.6 Å². The van der Waals surface area contributed by atoms with Crippen LogP contribution in [0.25, 0.3) is 0 Å². The first kappa shape index (κ1) is 23.1. The number of hydrogen-bond acceptors (Lipinski definition) is 5. The normalized spacial score (nSPS) is 24.1. The fourth-order valence-corrected chi connectivity index (χ4v) is 6.38. The molecule has 2 amide bonds. The number of benzene rings is 3. The first-order valence-electron chi connectivity index (χ1n) is 11.4. The van der Waals surface area contributed by atoms with Gasteiger partial charge < -0.3 is 4.74 Å². The zero-order valence-corrected chi connectivity index (χ0v) is 20.8. The number of carbonyl (C=O) groups is 4. The van der Waals surface area contributed by atoms with Crippen molar-refractivity contribution in [2.45, 2.75) is 25.6 Å². The minimum Gasteiger partial charge on any atom is -0.349 e. The molecule has 2 heterocycles. The summed E-state index contributed by atoms with van der Waals surface area (Å²) in [5.74, 6) is -4.88. The molecule has 2 saturated heterocycles. The molecule has 2 aliphatic heterocycles. The lowest BCUT2D eigenvalue weighted by Gasteiger charge is -2.27. The molecule has 1 aliphatic carbocycles. The molecular formula is C28H19Cl2NO5. The van der Waals surface area contributed by atoms with Crippen LogP contribution >= 0.6 is 23.2 Å². The van der Waals surface area contributed by atoms with Crippen LogP contribution in [-0.4, -0.2) is 29.0 Å². The van der Waals surface area contributed by atoms with Crippen molar-refractivity contribution in [3.8, 4) is 0 Å². The van der Waals surface area contributed by atoms with E-state index < -0.39 is 46.9 Å². The second-order valence-corrected chi connectivity index (χ2v) is 10.3. The molecule has 3 aromatic carbocycles. The Balaban J connectivity index is 1.57. The number of halogens is 2. The van der Waals surface area contributed by atoms with Crippen LogP contribution in [0.15, 0.2) is 60.7 Å². The number of fused-ring (bicyclic) bond motifs is 3. The van der Waals surface area contributed by atoms with Crippen LogP contribution in [0.5, 0.6) is 0 Å². The SMILES string of the molecule is Cc1cc(C)cc(N2C(=O)[C@@H]3[C@@H](c4ccc(Cl)cc4Cl)OC4(C(=O)c5ccccc5C4=O)[C@H]3C2=O)c1. The number of anilines is 1. The highest BCUT2D eigenvalue weighted by Crippen LogP contribution is 2.58. The molecule has 1 spiro atoms. The van der Waals surface area contributed by atoms with E-state index in [9.17, 15) is 19.2 Å². The van der Waals surface area contributed by atoms with E-state index in [0.29, 0.717) is 16.3 Å². The van der Waals surface area contributed by atoms with Crippen LogP contribution in [0.2, 0.25) is 10.0 Å². The van der Waals surface area contributed by atoms with Crippen LogP contribution in [-0.2, 0) is 14.3 Å². The third kappa shape index (κ3) is 2.95. The van der Waals surface area contributed by atoms with Crippen molar-refractivity contribution in [1.82, 2.24) is 0 Å². The van der Waals surface area contributed by atoms with Crippen LogP contribution in [0, 0.1) is 25.7 Å². The number of ether oxygens (including phenoxy) is 1. The molecule has 8 heteroatoms. The van der Waals surface area contributed by atoms with E-state index in [2.05, 4.69) is 0 Å². The number of hydrogen-bond donors (Lipinski definition) is 0. The van der Waals surface area contributed by atoms with Gasteiger partial charge in [-0.05, 0) is 49.2 Å². The highest BCUT2D eigenvalue weighted by Gasteiger charge is 2.74. The van der Waals surface area contributed by atoms with Gasteiger partial charge in [0.15, 0.2) is 0 Å². The Bertz CT molecular complexity index is 1470. The molecule has 3 aliphatic rings. The molecule has 3 atom stereocenters. The van der Waals surface area contributed by atoms with Crippen molar-refractivity contribution in [3.63, 3.8) is 0 Å². The monoisotopic (exact) mass is 519 g/mol. The number of nitrogens with zero attached hydrogens (tertiary/aromatic N) is 1. The van der Waals surface area contributed by atoms with Crippen molar-refractivity contribution >= 4 is 52.3 Å². The molecule has 0 N–H and O–H groups in total. The second-order valence-electron chi connectivity index (χ2n) is 9.51. The van der Waals surface area contributed by atoms with Crippen molar-refractivity contribution < 1.29 is 23.9 Å². The van der Waals surface area contributed by atoms with Crippen molar-refractivity contribution in [2.24, 2.45) is 11.8 Å². The summed E-state index contributed by atoms with van der Waals surface area (Å²) in [7, 11) is 0. The molecule has 0 bridgehead atoms. The standard InChI is InChI=1S/C28H19Cl2NO5/c1-13-9-14(2)11-16(10-13)31-26(34)21-22(27(31)35)28(24(32)17-5-3-4-6-18(17)25(28)33)36-23(21)19-8-7-15(29)12-20(19)30/h3-12,21-23H,1-2H3/t21-,22+,23+/m0/s1. The molecular weight excluding hydrogens is 501 g/mol. The summed E-state index contributed by atoms with van der Waals surface area (Å²) in [4.78, 5) is 56.7. The van der Waals surface area contributed by atoms with E-state index >= 15 is 0 Å². The Kier molecular flexibility index (Phi) is 5.03. The lowest BCUT2D eigenvalue weighted by atomic mass is 9.77. The van der Waals surface area contributed by atoms with Gasteiger partial charge in [-0.2, -0.15) is 0 Å². The third-order valence-corrected chi connectivity index (χ3v) is 7.82. The summed E-state index contributed by atoms with van der Waals surface area (Å²) in [5, 5.41) is 0.586. The minimum atomic E-state index is -2.15. The van der Waals surface area contributed by atoms with Crippen molar-refractivity contribution in [3.05, 3.63) is 98.5 Å². The molecule has 3 aromatic rings. The molecule has 36 heavy (non-hydrogen) atoms. The summed E-state index contributed by atoms with van der Waals surface area (Å²) in [6.45, 7) is 3.73. The first-order valence-corrected chi connectivity index (χ1v) is 12.2. The molecule has 2 fully saturated rings. The lowest BCUT2D eigenvalue weighted by molar-refractivity contribution is -0.127. The summed E-state index contributed by atoms with van der Waals surface area (Å²) in [6.07, 6.45) is -1.10. The number of rotatable bonds is 2. The van der Waals surface area contributed by atoms with Gasteiger partial charge in [0.2, 0.25) is 29.0 Å².